The zero-order valence-corrected chi connectivity index (χ0v) is 18.3. The Balaban J connectivity index is 1.36. The summed E-state index contributed by atoms with van der Waals surface area (Å²) in [5, 5.41) is 8.92. The van der Waals surface area contributed by atoms with E-state index in [-0.39, 0.29) is 22.9 Å². The van der Waals surface area contributed by atoms with Crippen LogP contribution in [0.25, 0.3) is 0 Å². The Morgan fingerprint density at radius 2 is 1.77 bits per heavy atom. The van der Waals surface area contributed by atoms with Crippen molar-refractivity contribution in [3.63, 3.8) is 0 Å². The Kier molecular flexibility index (Phi) is 6.10. The van der Waals surface area contributed by atoms with Gasteiger partial charge in [-0.1, -0.05) is 12.1 Å². The molecule has 162 valence electrons. The molecule has 1 atom stereocenters. The molecule has 0 aromatic heterocycles. The minimum Gasteiger partial charge on any atom is -0.333 e. The molecule has 2 fully saturated rings. The SMILES string of the molecule is C[C@H]1CN(Cc2ccc(C#N)cc2)CCN1C(=O)c1ccc(S(=O)(=O)NC2CC2)cc1. The number of rotatable bonds is 6. The zero-order valence-electron chi connectivity index (χ0n) is 17.5. The molecular weight excluding hydrogens is 412 g/mol. The summed E-state index contributed by atoms with van der Waals surface area (Å²) in [5.41, 5.74) is 2.29. The van der Waals surface area contributed by atoms with E-state index in [4.69, 9.17) is 5.26 Å². The highest BCUT2D eigenvalue weighted by molar-refractivity contribution is 7.89. The minimum absolute atomic E-state index is 0.0413. The molecule has 1 N–H and O–H groups in total. The number of nitrogens with one attached hydrogen (secondary N) is 1. The lowest BCUT2D eigenvalue weighted by Crippen LogP contribution is -2.53. The van der Waals surface area contributed by atoms with Gasteiger partial charge in [-0.15, -0.1) is 0 Å². The maximum atomic E-state index is 13.0. The molecule has 2 aromatic rings. The number of benzene rings is 2. The van der Waals surface area contributed by atoms with Crippen molar-refractivity contribution >= 4 is 15.9 Å². The Labute approximate surface area is 183 Å². The van der Waals surface area contributed by atoms with Gasteiger partial charge >= 0.3 is 0 Å². The van der Waals surface area contributed by atoms with Crippen molar-refractivity contribution in [2.75, 3.05) is 19.6 Å². The molecule has 2 aliphatic rings. The average molecular weight is 439 g/mol. The number of nitriles is 1. The maximum Gasteiger partial charge on any atom is 0.254 e. The summed E-state index contributed by atoms with van der Waals surface area (Å²) < 4.78 is 27.3. The summed E-state index contributed by atoms with van der Waals surface area (Å²) in [6.07, 6.45) is 1.76. The second-order valence-corrected chi connectivity index (χ2v) is 10.0. The van der Waals surface area contributed by atoms with Gasteiger partial charge in [0.2, 0.25) is 10.0 Å². The largest absolute Gasteiger partial charge is 0.333 e. The van der Waals surface area contributed by atoms with Gasteiger partial charge in [0, 0.05) is 43.8 Å². The second-order valence-electron chi connectivity index (χ2n) is 8.31. The highest BCUT2D eigenvalue weighted by Gasteiger charge is 2.30. The predicted molar refractivity (Wildman–Crippen MR) is 117 cm³/mol. The van der Waals surface area contributed by atoms with Crippen molar-refractivity contribution in [2.45, 2.75) is 43.3 Å². The Hall–Kier alpha value is -2.73. The summed E-state index contributed by atoms with van der Waals surface area (Å²) in [5.74, 6) is -0.0791. The average Bonchev–Trinajstić information content (AvgIpc) is 3.57. The molecule has 4 rings (SSSR count). The topological polar surface area (TPSA) is 93.5 Å². The molecule has 2 aromatic carbocycles. The summed E-state index contributed by atoms with van der Waals surface area (Å²) >= 11 is 0. The quantitative estimate of drug-likeness (QED) is 0.747. The van der Waals surface area contributed by atoms with Crippen LogP contribution < -0.4 is 4.72 Å². The maximum absolute atomic E-state index is 13.0. The summed E-state index contributed by atoms with van der Waals surface area (Å²) in [7, 11) is -3.52. The standard InChI is InChI=1S/C23H26N4O3S/c1-17-15-26(16-19-4-2-18(14-24)3-5-19)12-13-27(17)23(28)20-6-10-22(11-7-20)31(29,30)25-21-8-9-21/h2-7,10-11,17,21,25H,8-9,12-13,15-16H2,1H3/t17-/m0/s1. The number of amides is 1. The van der Waals surface area contributed by atoms with Crippen LogP contribution in [0.15, 0.2) is 53.4 Å². The fourth-order valence-electron chi connectivity index (χ4n) is 3.85. The molecule has 0 unspecified atom stereocenters. The van der Waals surface area contributed by atoms with Crippen LogP contribution in [0.2, 0.25) is 0 Å². The molecule has 31 heavy (non-hydrogen) atoms. The molecule has 1 saturated heterocycles. The first kappa shape index (κ1) is 21.5. The van der Waals surface area contributed by atoms with Crippen LogP contribution >= 0.6 is 0 Å². The third-order valence-electron chi connectivity index (χ3n) is 5.77. The number of nitrogens with zero attached hydrogens (tertiary/aromatic N) is 3. The first-order chi connectivity index (χ1) is 14.9. The number of carbonyl (C=O) groups is 1. The molecule has 8 heteroatoms. The van der Waals surface area contributed by atoms with E-state index in [0.29, 0.717) is 17.7 Å². The van der Waals surface area contributed by atoms with Crippen LogP contribution in [0.5, 0.6) is 0 Å². The number of piperazine rings is 1. The van der Waals surface area contributed by atoms with E-state index in [0.717, 1.165) is 38.0 Å². The first-order valence-corrected chi connectivity index (χ1v) is 12.0. The number of hydrogen-bond acceptors (Lipinski definition) is 5. The lowest BCUT2D eigenvalue weighted by atomic mass is 10.1. The van der Waals surface area contributed by atoms with Crippen LogP contribution in [-0.2, 0) is 16.6 Å². The molecular formula is C23H26N4O3S. The highest BCUT2D eigenvalue weighted by atomic mass is 32.2. The van der Waals surface area contributed by atoms with E-state index in [1.54, 1.807) is 12.1 Å². The Morgan fingerprint density at radius 3 is 2.35 bits per heavy atom. The van der Waals surface area contributed by atoms with E-state index in [2.05, 4.69) is 15.7 Å². The molecule has 7 nitrogen and oxygen atoms in total. The van der Waals surface area contributed by atoms with Gasteiger partial charge in [-0.05, 0) is 61.7 Å². The monoisotopic (exact) mass is 438 g/mol. The summed E-state index contributed by atoms with van der Waals surface area (Å²) in [6, 6.07) is 16.0. The van der Waals surface area contributed by atoms with Crippen molar-refractivity contribution < 1.29 is 13.2 Å². The van der Waals surface area contributed by atoms with Crippen molar-refractivity contribution in [1.29, 1.82) is 5.26 Å². The van der Waals surface area contributed by atoms with E-state index < -0.39 is 10.0 Å². The molecule has 1 heterocycles. The van der Waals surface area contributed by atoms with E-state index >= 15 is 0 Å². The van der Waals surface area contributed by atoms with Gasteiger partial charge in [0.25, 0.3) is 5.91 Å². The van der Waals surface area contributed by atoms with Crippen LogP contribution in [0.3, 0.4) is 0 Å². The smallest absolute Gasteiger partial charge is 0.254 e. The van der Waals surface area contributed by atoms with Gasteiger partial charge in [-0.3, -0.25) is 9.69 Å². The van der Waals surface area contributed by atoms with Crippen LogP contribution in [0, 0.1) is 11.3 Å². The van der Waals surface area contributed by atoms with Gasteiger partial charge in [-0.25, -0.2) is 13.1 Å². The number of hydrogen-bond donors (Lipinski definition) is 1. The first-order valence-electron chi connectivity index (χ1n) is 10.5. The lowest BCUT2D eigenvalue weighted by molar-refractivity contribution is 0.0475. The molecule has 0 radical (unpaired) electrons. The summed E-state index contributed by atoms with van der Waals surface area (Å²) in [6.45, 7) is 4.93. The lowest BCUT2D eigenvalue weighted by Gasteiger charge is -2.40. The van der Waals surface area contributed by atoms with Gasteiger partial charge in [-0.2, -0.15) is 5.26 Å². The molecule has 0 bridgehead atoms. The normalized spacial score (nSPS) is 19.7. The molecule has 1 aliphatic heterocycles. The number of carbonyl (C=O) groups excluding carboxylic acids is 1. The molecule has 0 spiro atoms. The Bertz CT molecular complexity index is 1090. The minimum atomic E-state index is -3.52. The van der Waals surface area contributed by atoms with Gasteiger partial charge in [0.1, 0.15) is 0 Å². The molecule has 1 aliphatic carbocycles. The molecule has 1 saturated carbocycles. The van der Waals surface area contributed by atoms with Crippen molar-refractivity contribution in [3.8, 4) is 6.07 Å². The van der Waals surface area contributed by atoms with E-state index in [1.807, 2.05) is 36.1 Å². The van der Waals surface area contributed by atoms with Crippen molar-refractivity contribution in [1.82, 2.24) is 14.5 Å². The van der Waals surface area contributed by atoms with Crippen LogP contribution in [-0.4, -0.2) is 55.8 Å². The molecule has 1 amide bonds. The fraction of sp³-hybridized carbons (Fsp3) is 0.391. The summed E-state index contributed by atoms with van der Waals surface area (Å²) in [4.78, 5) is 17.3. The van der Waals surface area contributed by atoms with Gasteiger partial charge in [0.05, 0.1) is 16.5 Å². The Morgan fingerprint density at radius 1 is 1.10 bits per heavy atom. The number of sulfonamides is 1. The zero-order chi connectivity index (χ0) is 22.0. The third-order valence-corrected chi connectivity index (χ3v) is 7.31. The van der Waals surface area contributed by atoms with Crippen LogP contribution in [0.4, 0.5) is 0 Å². The second kappa shape index (κ2) is 8.79. The highest BCUT2D eigenvalue weighted by Crippen LogP contribution is 2.23. The predicted octanol–water partition coefficient (Wildman–Crippen LogP) is 2.35. The van der Waals surface area contributed by atoms with Gasteiger partial charge < -0.3 is 4.90 Å². The van der Waals surface area contributed by atoms with E-state index in [1.165, 1.54) is 12.1 Å². The van der Waals surface area contributed by atoms with E-state index in [9.17, 15) is 13.2 Å². The fourth-order valence-corrected chi connectivity index (χ4v) is 5.16. The van der Waals surface area contributed by atoms with Crippen LogP contribution in [0.1, 0.15) is 41.3 Å². The van der Waals surface area contributed by atoms with Crippen molar-refractivity contribution in [3.05, 3.63) is 65.2 Å². The third kappa shape index (κ3) is 5.13. The van der Waals surface area contributed by atoms with Crippen molar-refractivity contribution in [2.24, 2.45) is 0 Å². The van der Waals surface area contributed by atoms with Gasteiger partial charge in [0.15, 0.2) is 0 Å².